The number of carbonyl (C=O) groups excluding carboxylic acids is 2. The molecule has 1 N–H and O–H groups in total. The summed E-state index contributed by atoms with van der Waals surface area (Å²) < 4.78 is 33.8. The van der Waals surface area contributed by atoms with E-state index in [0.29, 0.717) is 11.4 Å². The van der Waals surface area contributed by atoms with Gasteiger partial charge in [0, 0.05) is 5.02 Å². The van der Waals surface area contributed by atoms with Crippen molar-refractivity contribution in [2.45, 2.75) is 11.8 Å². The van der Waals surface area contributed by atoms with Crippen LogP contribution >= 0.6 is 11.6 Å². The van der Waals surface area contributed by atoms with E-state index >= 15 is 0 Å². The Bertz CT molecular complexity index is 1360. The first-order valence-electron chi connectivity index (χ1n) is 10.3. The quantitative estimate of drug-likeness (QED) is 0.556. The largest absolute Gasteiger partial charge is 0.495 e. The summed E-state index contributed by atoms with van der Waals surface area (Å²) in [5.74, 6) is -0.731. The average Bonchev–Trinajstić information content (AvgIpc) is 2.82. The van der Waals surface area contributed by atoms with Crippen molar-refractivity contribution < 1.29 is 22.7 Å². The van der Waals surface area contributed by atoms with Crippen LogP contribution in [-0.4, -0.2) is 40.4 Å². The number of hydrogen-bond donors (Lipinski definition) is 1. The molecule has 0 unspecified atom stereocenters. The maximum absolute atomic E-state index is 13.7. The molecule has 0 bridgehead atoms. The normalized spacial score (nSPS) is 13.1. The topological polar surface area (TPSA) is 96.0 Å². The lowest BCUT2D eigenvalue weighted by Crippen LogP contribution is -2.48. The fourth-order valence-electron chi connectivity index (χ4n) is 3.66. The summed E-state index contributed by atoms with van der Waals surface area (Å²) in [4.78, 5) is 27.0. The van der Waals surface area contributed by atoms with E-state index in [9.17, 15) is 18.0 Å². The summed E-state index contributed by atoms with van der Waals surface area (Å²) in [6, 6.07) is 17.6. The molecule has 34 heavy (non-hydrogen) atoms. The highest BCUT2D eigenvalue weighted by Crippen LogP contribution is 2.36. The zero-order chi connectivity index (χ0) is 24.5. The number of nitrogens with one attached hydrogen (secondary N) is 1. The van der Waals surface area contributed by atoms with E-state index in [-0.39, 0.29) is 33.8 Å². The van der Waals surface area contributed by atoms with E-state index < -0.39 is 22.5 Å². The fourth-order valence-corrected chi connectivity index (χ4v) is 5.24. The Morgan fingerprint density at radius 3 is 2.53 bits per heavy atom. The van der Waals surface area contributed by atoms with Gasteiger partial charge in [-0.1, -0.05) is 41.4 Å². The fraction of sp³-hybridized carbons (Fsp3) is 0.167. The van der Waals surface area contributed by atoms with E-state index in [4.69, 9.17) is 16.3 Å². The number of ether oxygens (including phenoxy) is 1. The van der Waals surface area contributed by atoms with Crippen LogP contribution in [0.3, 0.4) is 0 Å². The standard InChI is InChI=1S/C24H22ClN3O5S/c1-16-7-10-18(11-8-16)34(31,32)28(21-13-17(25)9-12-22(21)33-2)15-24(30)27-14-23(29)26-19-5-3-4-6-20(19)27/h3-13H,14-15H2,1-2H3,(H,26,29). The Labute approximate surface area is 202 Å². The molecule has 0 aromatic heterocycles. The molecule has 0 aliphatic carbocycles. The van der Waals surface area contributed by atoms with Crippen LogP contribution < -0.4 is 19.3 Å². The molecule has 176 valence electrons. The van der Waals surface area contributed by atoms with Gasteiger partial charge in [-0.05, 0) is 49.4 Å². The number of hydrogen-bond acceptors (Lipinski definition) is 5. The molecule has 1 heterocycles. The van der Waals surface area contributed by atoms with Crippen LogP contribution in [0.15, 0.2) is 71.6 Å². The van der Waals surface area contributed by atoms with Crippen molar-refractivity contribution in [2.24, 2.45) is 0 Å². The van der Waals surface area contributed by atoms with Crippen LogP contribution in [0, 0.1) is 6.92 Å². The minimum atomic E-state index is -4.20. The van der Waals surface area contributed by atoms with Crippen molar-refractivity contribution in [3.63, 3.8) is 0 Å². The molecule has 0 saturated heterocycles. The minimum Gasteiger partial charge on any atom is -0.495 e. The predicted octanol–water partition coefficient (Wildman–Crippen LogP) is 3.84. The number of rotatable bonds is 6. The van der Waals surface area contributed by atoms with Gasteiger partial charge in [0.15, 0.2) is 0 Å². The molecule has 4 rings (SSSR count). The van der Waals surface area contributed by atoms with E-state index in [1.807, 2.05) is 6.92 Å². The van der Waals surface area contributed by atoms with E-state index in [2.05, 4.69) is 5.32 Å². The number of amides is 2. The summed E-state index contributed by atoms with van der Waals surface area (Å²) in [5.41, 5.74) is 1.95. The Morgan fingerprint density at radius 1 is 1.12 bits per heavy atom. The smallest absolute Gasteiger partial charge is 0.264 e. The second-order valence-corrected chi connectivity index (χ2v) is 9.98. The number of anilines is 3. The Kier molecular flexibility index (Phi) is 6.49. The number of sulfonamides is 1. The number of aryl methyl sites for hydroxylation is 1. The molecule has 3 aromatic rings. The van der Waals surface area contributed by atoms with Gasteiger partial charge in [0.2, 0.25) is 11.8 Å². The Morgan fingerprint density at radius 2 is 1.82 bits per heavy atom. The second kappa shape index (κ2) is 9.36. The van der Waals surface area contributed by atoms with Crippen molar-refractivity contribution in [1.29, 1.82) is 0 Å². The van der Waals surface area contributed by atoms with Crippen molar-refractivity contribution in [2.75, 3.05) is 34.7 Å². The lowest BCUT2D eigenvalue weighted by atomic mass is 10.2. The maximum Gasteiger partial charge on any atom is 0.264 e. The first-order chi connectivity index (χ1) is 16.2. The van der Waals surface area contributed by atoms with Crippen molar-refractivity contribution in [3.8, 4) is 5.75 Å². The third kappa shape index (κ3) is 4.57. The highest BCUT2D eigenvalue weighted by Gasteiger charge is 2.34. The number of methoxy groups -OCH3 is 1. The molecule has 8 nitrogen and oxygen atoms in total. The molecule has 3 aromatic carbocycles. The molecule has 10 heteroatoms. The molecular formula is C24H22ClN3O5S. The molecule has 1 aliphatic rings. The van der Waals surface area contributed by atoms with E-state index in [0.717, 1.165) is 9.87 Å². The maximum atomic E-state index is 13.7. The molecule has 0 spiro atoms. The number of carbonyl (C=O) groups is 2. The second-order valence-electron chi connectivity index (χ2n) is 7.69. The Balaban J connectivity index is 1.80. The summed E-state index contributed by atoms with van der Waals surface area (Å²) in [7, 11) is -2.80. The molecule has 0 radical (unpaired) electrons. The summed E-state index contributed by atoms with van der Waals surface area (Å²) in [6.07, 6.45) is 0. The van der Waals surface area contributed by atoms with Crippen LogP contribution in [0.25, 0.3) is 0 Å². The van der Waals surface area contributed by atoms with Crippen LogP contribution in [0.4, 0.5) is 17.1 Å². The molecule has 0 saturated carbocycles. The van der Waals surface area contributed by atoms with Gasteiger partial charge < -0.3 is 10.1 Å². The zero-order valence-electron chi connectivity index (χ0n) is 18.5. The summed E-state index contributed by atoms with van der Waals surface area (Å²) in [5, 5.41) is 2.99. The Hall–Kier alpha value is -3.56. The third-order valence-corrected chi connectivity index (χ3v) is 7.38. The van der Waals surface area contributed by atoms with Gasteiger partial charge >= 0.3 is 0 Å². The number of halogens is 1. The van der Waals surface area contributed by atoms with Gasteiger partial charge in [0.05, 0.1) is 29.1 Å². The third-order valence-electron chi connectivity index (χ3n) is 5.37. The van der Waals surface area contributed by atoms with Gasteiger partial charge in [0.25, 0.3) is 10.0 Å². The van der Waals surface area contributed by atoms with Crippen LogP contribution in [-0.2, 0) is 19.6 Å². The first-order valence-corrected chi connectivity index (χ1v) is 12.1. The number of nitrogens with zero attached hydrogens (tertiary/aromatic N) is 2. The van der Waals surface area contributed by atoms with Crippen LogP contribution in [0.5, 0.6) is 5.75 Å². The predicted molar refractivity (Wildman–Crippen MR) is 131 cm³/mol. The van der Waals surface area contributed by atoms with Gasteiger partial charge in [-0.3, -0.25) is 18.8 Å². The highest BCUT2D eigenvalue weighted by molar-refractivity contribution is 7.92. The first kappa shape index (κ1) is 23.6. The lowest BCUT2D eigenvalue weighted by molar-refractivity contribution is -0.121. The van der Waals surface area contributed by atoms with Crippen molar-refractivity contribution >= 4 is 50.5 Å². The van der Waals surface area contributed by atoms with Gasteiger partial charge in [-0.25, -0.2) is 8.42 Å². The number of fused-ring (bicyclic) bond motifs is 1. The van der Waals surface area contributed by atoms with Gasteiger partial charge in [0.1, 0.15) is 18.8 Å². The molecule has 2 amide bonds. The molecular weight excluding hydrogens is 478 g/mol. The number of benzene rings is 3. The molecule has 1 aliphatic heterocycles. The van der Waals surface area contributed by atoms with Gasteiger partial charge in [-0.2, -0.15) is 0 Å². The average molecular weight is 500 g/mol. The lowest BCUT2D eigenvalue weighted by Gasteiger charge is -2.32. The molecule has 0 fully saturated rings. The van der Waals surface area contributed by atoms with Crippen molar-refractivity contribution in [3.05, 3.63) is 77.3 Å². The summed E-state index contributed by atoms with van der Waals surface area (Å²) in [6.45, 7) is 1.03. The van der Waals surface area contributed by atoms with E-state index in [1.54, 1.807) is 42.5 Å². The number of para-hydroxylation sites is 2. The minimum absolute atomic E-state index is 0.00437. The van der Waals surface area contributed by atoms with Gasteiger partial charge in [-0.15, -0.1) is 0 Å². The zero-order valence-corrected chi connectivity index (χ0v) is 20.1. The highest BCUT2D eigenvalue weighted by atomic mass is 35.5. The summed E-state index contributed by atoms with van der Waals surface area (Å²) >= 11 is 6.18. The van der Waals surface area contributed by atoms with Crippen LogP contribution in [0.2, 0.25) is 5.02 Å². The molecule has 0 atom stereocenters. The van der Waals surface area contributed by atoms with Crippen LogP contribution in [0.1, 0.15) is 5.56 Å². The monoisotopic (exact) mass is 499 g/mol. The SMILES string of the molecule is COc1ccc(Cl)cc1N(CC(=O)N1CC(=O)Nc2ccccc21)S(=O)(=O)c1ccc(C)cc1. The van der Waals surface area contributed by atoms with Crippen molar-refractivity contribution in [1.82, 2.24) is 0 Å². The van der Waals surface area contributed by atoms with E-state index in [1.165, 1.54) is 36.3 Å².